The molecule has 0 radical (unpaired) electrons. The van der Waals surface area contributed by atoms with E-state index in [4.69, 9.17) is 14.6 Å². The molecule has 2 heterocycles. The van der Waals surface area contributed by atoms with Crippen molar-refractivity contribution in [1.29, 1.82) is 0 Å². The summed E-state index contributed by atoms with van der Waals surface area (Å²) in [4.78, 5) is 27.2. The maximum atomic E-state index is 12.8. The Hall–Kier alpha value is -2.45. The molecule has 0 aliphatic carbocycles. The summed E-state index contributed by atoms with van der Waals surface area (Å²) in [6.07, 6.45) is 4.12. The van der Waals surface area contributed by atoms with E-state index in [1.165, 1.54) is 0 Å². The lowest BCUT2D eigenvalue weighted by Gasteiger charge is -2.26. The fraction of sp³-hybridized carbons (Fsp3) is 0.654. The van der Waals surface area contributed by atoms with Crippen molar-refractivity contribution in [1.82, 2.24) is 20.0 Å². The van der Waals surface area contributed by atoms with Crippen LogP contribution in [0.25, 0.3) is 10.9 Å². The van der Waals surface area contributed by atoms with Gasteiger partial charge in [-0.05, 0) is 57.7 Å². The van der Waals surface area contributed by atoms with Gasteiger partial charge in [-0.2, -0.15) is 5.10 Å². The molecule has 0 saturated carbocycles. The van der Waals surface area contributed by atoms with E-state index in [2.05, 4.69) is 17.1 Å². The Morgan fingerprint density at radius 2 is 1.97 bits per heavy atom. The number of rotatable bonds is 10. The van der Waals surface area contributed by atoms with Crippen LogP contribution < -0.4 is 5.32 Å². The molecule has 0 spiro atoms. The number of nitrogens with zero attached hydrogens (tertiary/aromatic N) is 3. The van der Waals surface area contributed by atoms with Crippen molar-refractivity contribution in [3.63, 3.8) is 0 Å². The number of carbonyl (C=O) groups excluding carboxylic acids is 2. The largest absolute Gasteiger partial charge is 0.460 e. The molecular formula is C26H40N4O4. The lowest BCUT2D eigenvalue weighted by molar-refractivity contribution is -0.155. The van der Waals surface area contributed by atoms with E-state index in [9.17, 15) is 9.59 Å². The van der Waals surface area contributed by atoms with Crippen LogP contribution in [0.1, 0.15) is 62.9 Å². The lowest BCUT2D eigenvalue weighted by atomic mass is 10.0. The fourth-order valence-electron chi connectivity index (χ4n) is 4.22. The second-order valence-electron chi connectivity index (χ2n) is 10.2. The first-order valence-electron chi connectivity index (χ1n) is 12.4. The van der Waals surface area contributed by atoms with E-state index in [1.807, 2.05) is 50.7 Å². The van der Waals surface area contributed by atoms with Crippen molar-refractivity contribution in [3.8, 4) is 0 Å². The summed E-state index contributed by atoms with van der Waals surface area (Å²) in [6.45, 7) is 15.3. The lowest BCUT2D eigenvalue weighted by Crippen LogP contribution is -2.41. The summed E-state index contributed by atoms with van der Waals surface area (Å²) in [5, 5.41) is 8.72. The molecule has 1 aliphatic rings. The minimum Gasteiger partial charge on any atom is -0.460 e. The van der Waals surface area contributed by atoms with Crippen LogP contribution in [0.15, 0.2) is 18.3 Å². The summed E-state index contributed by atoms with van der Waals surface area (Å²) < 4.78 is 12.7. The summed E-state index contributed by atoms with van der Waals surface area (Å²) in [5.74, 6) is 0.117. The topological polar surface area (TPSA) is 85.7 Å². The number of aromatic nitrogens is 2. The van der Waals surface area contributed by atoms with Crippen molar-refractivity contribution in [2.45, 2.75) is 66.0 Å². The third-order valence-corrected chi connectivity index (χ3v) is 6.16. The average Bonchev–Trinajstić information content (AvgIpc) is 3.16. The van der Waals surface area contributed by atoms with E-state index < -0.39 is 5.60 Å². The molecule has 1 atom stereocenters. The molecule has 1 aromatic heterocycles. The van der Waals surface area contributed by atoms with E-state index in [-0.39, 0.29) is 11.9 Å². The Kier molecular flexibility index (Phi) is 9.08. The van der Waals surface area contributed by atoms with E-state index in [1.54, 1.807) is 0 Å². The highest BCUT2D eigenvalue weighted by molar-refractivity contribution is 5.99. The first-order chi connectivity index (χ1) is 16.1. The highest BCUT2D eigenvalue weighted by Crippen LogP contribution is 2.21. The molecule has 1 saturated heterocycles. The number of morpholine rings is 1. The Balaban J connectivity index is 1.58. The van der Waals surface area contributed by atoms with Gasteiger partial charge in [0.15, 0.2) is 0 Å². The Morgan fingerprint density at radius 1 is 1.24 bits per heavy atom. The Labute approximate surface area is 203 Å². The molecule has 0 bridgehead atoms. The first-order valence-corrected chi connectivity index (χ1v) is 12.4. The predicted molar refractivity (Wildman–Crippen MR) is 133 cm³/mol. The highest BCUT2D eigenvalue weighted by atomic mass is 16.6. The monoisotopic (exact) mass is 472 g/mol. The summed E-state index contributed by atoms with van der Waals surface area (Å²) in [5.41, 5.74) is 2.03. The predicted octanol–water partition coefficient (Wildman–Crippen LogP) is 3.55. The number of nitrogens with one attached hydrogen (secondary N) is 1. The van der Waals surface area contributed by atoms with Gasteiger partial charge in [-0.25, -0.2) is 0 Å². The number of aryl methyl sites for hydroxylation is 1. The summed E-state index contributed by atoms with van der Waals surface area (Å²) in [6, 6.07) is 3.91. The molecule has 188 valence electrons. The van der Waals surface area contributed by atoms with Crippen LogP contribution in [-0.2, 0) is 20.8 Å². The van der Waals surface area contributed by atoms with Gasteiger partial charge in [0.2, 0.25) is 0 Å². The van der Waals surface area contributed by atoms with Gasteiger partial charge in [0, 0.05) is 56.3 Å². The van der Waals surface area contributed by atoms with Crippen LogP contribution >= 0.6 is 0 Å². The number of hydrogen-bond acceptors (Lipinski definition) is 6. The third-order valence-electron chi connectivity index (χ3n) is 6.16. The zero-order valence-corrected chi connectivity index (χ0v) is 21.4. The van der Waals surface area contributed by atoms with Crippen LogP contribution in [0.4, 0.5) is 0 Å². The van der Waals surface area contributed by atoms with Crippen molar-refractivity contribution in [3.05, 3.63) is 29.5 Å². The second-order valence-corrected chi connectivity index (χ2v) is 10.2. The van der Waals surface area contributed by atoms with Crippen LogP contribution in [0.5, 0.6) is 0 Å². The Bertz CT molecular complexity index is 973. The maximum Gasteiger partial charge on any atom is 0.306 e. The van der Waals surface area contributed by atoms with Gasteiger partial charge in [-0.1, -0.05) is 13.3 Å². The van der Waals surface area contributed by atoms with E-state index in [0.717, 1.165) is 68.7 Å². The van der Waals surface area contributed by atoms with Crippen molar-refractivity contribution in [2.24, 2.45) is 5.92 Å². The van der Waals surface area contributed by atoms with E-state index >= 15 is 0 Å². The van der Waals surface area contributed by atoms with Crippen molar-refractivity contribution >= 4 is 22.8 Å². The normalized spacial score (nSPS) is 15.9. The molecular weight excluding hydrogens is 432 g/mol. The molecule has 34 heavy (non-hydrogen) atoms. The molecule has 1 N–H and O–H groups in total. The van der Waals surface area contributed by atoms with E-state index in [0.29, 0.717) is 24.4 Å². The minimum absolute atomic E-state index is 0.0517. The van der Waals surface area contributed by atoms with Gasteiger partial charge in [-0.3, -0.25) is 19.2 Å². The van der Waals surface area contributed by atoms with Crippen LogP contribution in [0.3, 0.4) is 0 Å². The van der Waals surface area contributed by atoms with Gasteiger partial charge in [-0.15, -0.1) is 0 Å². The number of carbonyl (C=O) groups is 2. The molecule has 1 amide bonds. The molecule has 2 aromatic rings. The SMILES string of the molecule is CCC(CCC(=O)OC(C)(C)C)Cn1cc2cc(C(=O)NCCN3CCOCC3)c(C)cc2n1. The van der Waals surface area contributed by atoms with Crippen molar-refractivity contribution < 1.29 is 19.1 Å². The zero-order valence-electron chi connectivity index (χ0n) is 21.4. The number of amides is 1. The maximum absolute atomic E-state index is 12.8. The molecule has 1 fully saturated rings. The number of benzene rings is 1. The number of fused-ring (bicyclic) bond motifs is 1. The van der Waals surface area contributed by atoms with Gasteiger partial charge in [0.1, 0.15) is 5.60 Å². The molecule has 8 nitrogen and oxygen atoms in total. The van der Waals surface area contributed by atoms with Crippen LogP contribution in [-0.4, -0.2) is 71.6 Å². The third kappa shape index (κ3) is 7.81. The standard InChI is InChI=1S/C26H40N4O4/c1-6-20(7-8-24(31)34-26(3,4)5)17-30-18-21-16-22(19(2)15-23(21)28-30)25(32)27-9-10-29-11-13-33-14-12-29/h15-16,18,20H,6-14,17H2,1-5H3,(H,27,32). The number of esters is 1. The van der Waals surface area contributed by atoms with Gasteiger partial charge >= 0.3 is 5.97 Å². The summed E-state index contributed by atoms with van der Waals surface area (Å²) >= 11 is 0. The molecule has 8 heteroatoms. The van der Waals surface area contributed by atoms with Crippen LogP contribution in [0.2, 0.25) is 0 Å². The minimum atomic E-state index is -0.455. The molecule has 1 aromatic carbocycles. The van der Waals surface area contributed by atoms with Gasteiger partial charge in [0.05, 0.1) is 18.7 Å². The molecule has 3 rings (SSSR count). The quantitative estimate of drug-likeness (QED) is 0.532. The average molecular weight is 473 g/mol. The molecule has 1 unspecified atom stereocenters. The Morgan fingerprint density at radius 3 is 2.65 bits per heavy atom. The summed E-state index contributed by atoms with van der Waals surface area (Å²) in [7, 11) is 0. The fourth-order valence-corrected chi connectivity index (χ4v) is 4.22. The number of ether oxygens (including phenoxy) is 2. The number of hydrogen-bond donors (Lipinski definition) is 1. The van der Waals surface area contributed by atoms with Crippen LogP contribution in [0, 0.1) is 12.8 Å². The second kappa shape index (κ2) is 11.8. The van der Waals surface area contributed by atoms with Gasteiger partial charge in [0.25, 0.3) is 5.91 Å². The van der Waals surface area contributed by atoms with Gasteiger partial charge < -0.3 is 14.8 Å². The highest BCUT2D eigenvalue weighted by Gasteiger charge is 2.19. The smallest absolute Gasteiger partial charge is 0.306 e. The zero-order chi connectivity index (χ0) is 24.7. The van der Waals surface area contributed by atoms with Crippen molar-refractivity contribution in [2.75, 3.05) is 39.4 Å². The first kappa shape index (κ1) is 26.2. The molecule has 1 aliphatic heterocycles.